The number of fused-ring (bicyclic) bond motifs is 2. The number of allylic oxidation sites excluding steroid dienone is 8. The fourth-order valence-electron chi connectivity index (χ4n) is 5.90. The Morgan fingerprint density at radius 2 is 0.818 bits per heavy atom. The van der Waals surface area contributed by atoms with Crippen LogP contribution in [-0.2, 0) is 6.18 Å². The van der Waals surface area contributed by atoms with Crippen molar-refractivity contribution in [3.8, 4) is 47.9 Å². The van der Waals surface area contributed by atoms with Crippen LogP contribution in [0.1, 0.15) is 38.9 Å². The fourth-order valence-corrected chi connectivity index (χ4v) is 5.90. The maximum atomic E-state index is 15.1. The van der Waals surface area contributed by atoms with Gasteiger partial charge in [0.05, 0.1) is 11.1 Å². The molecule has 20 heteroatoms. The quantitative estimate of drug-likeness (QED) is 0.187. The summed E-state index contributed by atoms with van der Waals surface area (Å²) in [5.74, 6) is -10.4. The van der Waals surface area contributed by atoms with E-state index >= 15 is 4.39 Å². The lowest BCUT2D eigenvalue weighted by molar-refractivity contribution is -0.278. The van der Waals surface area contributed by atoms with Gasteiger partial charge in [-0.05, 0) is 58.7 Å². The van der Waals surface area contributed by atoms with Gasteiger partial charge in [0.1, 0.15) is 53.1 Å². The average Bonchev–Trinajstić information content (AvgIpc) is 3.57. The number of alkyl halides is 9. The molecule has 3 aromatic rings. The molecule has 2 aliphatic rings. The highest BCUT2D eigenvalue weighted by Crippen LogP contribution is 2.55. The SMILES string of the molecule is N#CC(C#N)=C1C(c2cc(F)c(OC(F)(F)F)c(F)c2)=C(C#N)c2cc3c(cc21)C(C#N)=C(c1cc(F)c(OC(F)(F)F)c(C(F)(F)F)c1)C3=C(C#N)C#N. The van der Waals surface area contributed by atoms with Crippen LogP contribution in [-0.4, -0.2) is 12.7 Å². The second-order valence-electron chi connectivity index (χ2n) is 10.8. The van der Waals surface area contributed by atoms with Crippen LogP contribution in [0.25, 0.3) is 33.4 Å². The number of hydrogen-bond donors (Lipinski definition) is 0. The highest BCUT2D eigenvalue weighted by molar-refractivity contribution is 6.29. The third-order valence-electron chi connectivity index (χ3n) is 7.77. The summed E-state index contributed by atoms with van der Waals surface area (Å²) in [6.45, 7) is 0. The predicted octanol–water partition coefficient (Wildman–Crippen LogP) is 9.42. The highest BCUT2D eigenvalue weighted by Gasteiger charge is 2.44. The maximum absolute atomic E-state index is 15.1. The summed E-state index contributed by atoms with van der Waals surface area (Å²) < 4.78 is 171. The first-order valence-corrected chi connectivity index (χ1v) is 14.1. The molecule has 0 saturated carbocycles. The van der Waals surface area contributed by atoms with E-state index in [1.807, 2.05) is 0 Å². The zero-order valence-electron chi connectivity index (χ0n) is 26.0. The summed E-state index contributed by atoms with van der Waals surface area (Å²) in [6.07, 6.45) is -17.1. The Hall–Kier alpha value is -7.68. The van der Waals surface area contributed by atoms with Crippen LogP contribution in [0.3, 0.4) is 0 Å². The molecule has 0 heterocycles. The molecule has 5 rings (SSSR count). The largest absolute Gasteiger partial charge is 0.573 e. The van der Waals surface area contributed by atoms with Crippen molar-refractivity contribution in [1.82, 2.24) is 0 Å². The summed E-state index contributed by atoms with van der Waals surface area (Å²) >= 11 is 0. The summed E-state index contributed by atoms with van der Waals surface area (Å²) in [5.41, 5.74) is -11.7. The second-order valence-corrected chi connectivity index (χ2v) is 10.8. The fraction of sp³-hybridized carbons (Fsp3) is 0.0857. The molecule has 0 atom stereocenters. The Morgan fingerprint density at radius 3 is 1.15 bits per heavy atom. The molecule has 0 amide bonds. The van der Waals surface area contributed by atoms with Crippen LogP contribution in [0.2, 0.25) is 0 Å². The van der Waals surface area contributed by atoms with Gasteiger partial charge in [0.15, 0.2) is 23.2 Å². The molecule has 0 spiro atoms. The van der Waals surface area contributed by atoms with E-state index in [-0.39, 0.29) is 35.4 Å². The first kappa shape index (κ1) is 38.5. The minimum Gasteiger partial charge on any atom is -0.402 e. The molecule has 8 nitrogen and oxygen atoms in total. The molecule has 272 valence electrons. The van der Waals surface area contributed by atoms with E-state index < -0.39 is 120 Å². The minimum atomic E-state index is -5.82. The molecular weight excluding hydrogens is 764 g/mol. The Balaban J connectivity index is 1.89. The molecule has 0 saturated heterocycles. The summed E-state index contributed by atoms with van der Waals surface area (Å²) in [4.78, 5) is 0. The van der Waals surface area contributed by atoms with Crippen molar-refractivity contribution in [2.75, 3.05) is 0 Å². The highest BCUT2D eigenvalue weighted by atomic mass is 19.4. The molecular formula is C35H6F12N6O2. The zero-order valence-corrected chi connectivity index (χ0v) is 26.0. The smallest absolute Gasteiger partial charge is 0.402 e. The van der Waals surface area contributed by atoms with Gasteiger partial charge in [-0.3, -0.25) is 0 Å². The Bertz CT molecular complexity index is 2600. The predicted molar refractivity (Wildman–Crippen MR) is 159 cm³/mol. The maximum Gasteiger partial charge on any atom is 0.573 e. The minimum absolute atomic E-state index is 0.0501. The monoisotopic (exact) mass is 770 g/mol. The van der Waals surface area contributed by atoms with Crippen molar-refractivity contribution in [2.45, 2.75) is 18.9 Å². The van der Waals surface area contributed by atoms with Crippen molar-refractivity contribution < 1.29 is 62.2 Å². The van der Waals surface area contributed by atoms with E-state index in [1.165, 1.54) is 24.3 Å². The number of ether oxygens (including phenoxy) is 2. The number of rotatable bonds is 4. The second kappa shape index (κ2) is 13.4. The molecule has 3 aromatic carbocycles. The molecule has 0 aliphatic heterocycles. The van der Waals surface area contributed by atoms with Crippen LogP contribution in [0, 0.1) is 85.4 Å². The van der Waals surface area contributed by atoms with Crippen LogP contribution in [0.5, 0.6) is 11.5 Å². The molecule has 2 aliphatic carbocycles. The Labute approximate surface area is 298 Å². The van der Waals surface area contributed by atoms with Crippen molar-refractivity contribution in [1.29, 1.82) is 31.6 Å². The molecule has 0 aromatic heterocycles. The summed E-state index contributed by atoms with van der Waals surface area (Å²) in [6, 6.07) is 11.4. The summed E-state index contributed by atoms with van der Waals surface area (Å²) in [5, 5.41) is 59.8. The standard InChI is InChI=1S/C35H6F12N6O2/c36-24-2-13(1-23(33(39,40)41)31(24)54-34(42,43)44)27-21(11-52)17-5-20-18(6-19(17)29(27)15(7-48)8-49)22(12-53)28(30(20)16(9-50)10-51)14-3-25(37)32(26(38)4-14)55-35(45,46)47/h1-6H. The first-order chi connectivity index (χ1) is 25.6. The van der Waals surface area contributed by atoms with Crippen molar-refractivity contribution in [2.24, 2.45) is 0 Å². The van der Waals surface area contributed by atoms with Crippen LogP contribution in [0.4, 0.5) is 52.7 Å². The number of hydrogen-bond acceptors (Lipinski definition) is 8. The normalized spacial score (nSPS) is 13.5. The van der Waals surface area contributed by atoms with E-state index in [9.17, 15) is 79.9 Å². The summed E-state index contributed by atoms with van der Waals surface area (Å²) in [7, 11) is 0. The van der Waals surface area contributed by atoms with E-state index in [0.717, 1.165) is 12.1 Å². The van der Waals surface area contributed by atoms with Gasteiger partial charge in [0.25, 0.3) is 0 Å². The van der Waals surface area contributed by atoms with Gasteiger partial charge in [-0.25, -0.2) is 13.2 Å². The number of nitrogens with zero attached hydrogens (tertiary/aromatic N) is 6. The van der Waals surface area contributed by atoms with Crippen molar-refractivity contribution in [3.63, 3.8) is 0 Å². The van der Waals surface area contributed by atoms with Gasteiger partial charge in [0.2, 0.25) is 5.75 Å². The lowest BCUT2D eigenvalue weighted by Gasteiger charge is -2.18. The van der Waals surface area contributed by atoms with E-state index in [0.29, 0.717) is 0 Å². The Morgan fingerprint density at radius 1 is 0.473 bits per heavy atom. The average molecular weight is 770 g/mol. The molecule has 0 unspecified atom stereocenters. The first-order valence-electron chi connectivity index (χ1n) is 14.1. The lowest BCUT2D eigenvalue weighted by atomic mass is 9.89. The molecule has 0 fully saturated rings. The number of halogens is 12. The van der Waals surface area contributed by atoms with E-state index in [2.05, 4.69) is 9.47 Å². The molecule has 55 heavy (non-hydrogen) atoms. The zero-order chi connectivity index (χ0) is 40.9. The third-order valence-corrected chi connectivity index (χ3v) is 7.77. The van der Waals surface area contributed by atoms with E-state index in [4.69, 9.17) is 0 Å². The number of nitriles is 6. The van der Waals surface area contributed by atoms with Crippen LogP contribution < -0.4 is 9.47 Å². The van der Waals surface area contributed by atoms with Gasteiger partial charge in [-0.2, -0.15) is 44.7 Å². The number of benzene rings is 3. The third kappa shape index (κ3) is 6.72. The van der Waals surface area contributed by atoms with Gasteiger partial charge < -0.3 is 9.47 Å². The Kier molecular flexibility index (Phi) is 9.38. The van der Waals surface area contributed by atoms with Crippen LogP contribution in [0.15, 0.2) is 47.5 Å². The lowest BCUT2D eigenvalue weighted by Crippen LogP contribution is -2.21. The van der Waals surface area contributed by atoms with Gasteiger partial charge in [0, 0.05) is 33.4 Å². The van der Waals surface area contributed by atoms with Gasteiger partial charge >= 0.3 is 18.9 Å². The van der Waals surface area contributed by atoms with E-state index in [1.54, 1.807) is 12.1 Å². The molecule has 0 N–H and O–H groups in total. The van der Waals surface area contributed by atoms with Crippen molar-refractivity contribution in [3.05, 3.63) is 104 Å². The van der Waals surface area contributed by atoms with Gasteiger partial charge in [-0.1, -0.05) is 0 Å². The van der Waals surface area contributed by atoms with Gasteiger partial charge in [-0.15, -0.1) is 26.3 Å². The molecule has 0 radical (unpaired) electrons. The molecule has 0 bridgehead atoms. The van der Waals surface area contributed by atoms with Crippen molar-refractivity contribution >= 4 is 33.4 Å². The topological polar surface area (TPSA) is 161 Å². The van der Waals surface area contributed by atoms with Crippen LogP contribution >= 0.6 is 0 Å².